The van der Waals surface area contributed by atoms with Crippen LogP contribution >= 0.6 is 0 Å². The Kier molecular flexibility index (Phi) is 10.2. The highest BCUT2D eigenvalue weighted by Gasteiger charge is 1.92. The molecule has 0 heterocycles. The van der Waals surface area contributed by atoms with Crippen LogP contribution in [-0.4, -0.2) is 6.54 Å². The molecule has 0 saturated carbocycles. The van der Waals surface area contributed by atoms with Crippen LogP contribution < -0.4 is 11.5 Å². The van der Waals surface area contributed by atoms with Gasteiger partial charge in [0.05, 0.1) is 0 Å². The van der Waals surface area contributed by atoms with Gasteiger partial charge in [-0.1, -0.05) is 38.7 Å². The lowest BCUT2D eigenvalue weighted by molar-refractivity contribution is 0.615. The van der Waals surface area contributed by atoms with Crippen molar-refractivity contribution in [1.29, 1.82) is 0 Å². The molecule has 2 nitrogen and oxygen atoms in total. The van der Waals surface area contributed by atoms with E-state index < -0.39 is 0 Å². The second kappa shape index (κ2) is 10.6. The fourth-order valence-corrected chi connectivity index (χ4v) is 1.44. The molecule has 0 aromatic heterocycles. The molecule has 0 amide bonds. The molecule has 0 aliphatic carbocycles. The van der Waals surface area contributed by atoms with Gasteiger partial charge in [0, 0.05) is 5.70 Å². The summed E-state index contributed by atoms with van der Waals surface area (Å²) in [4.78, 5) is 0. The molecule has 0 bridgehead atoms. The molecule has 14 heavy (non-hydrogen) atoms. The molecule has 0 saturated heterocycles. The predicted molar refractivity (Wildman–Crippen MR) is 63.9 cm³/mol. The Morgan fingerprint density at radius 3 is 2.36 bits per heavy atom. The first-order chi connectivity index (χ1) is 6.81. The van der Waals surface area contributed by atoms with Gasteiger partial charge in [-0.15, -0.1) is 0 Å². The summed E-state index contributed by atoms with van der Waals surface area (Å²) in [7, 11) is 0. The number of hydrogen-bond donors (Lipinski definition) is 2. The SMILES string of the molecule is CCC/C=C(\N)CCCCCCCN. The summed E-state index contributed by atoms with van der Waals surface area (Å²) >= 11 is 0. The molecule has 0 unspecified atom stereocenters. The van der Waals surface area contributed by atoms with Crippen LogP contribution in [0.4, 0.5) is 0 Å². The normalized spacial score (nSPS) is 12.0. The van der Waals surface area contributed by atoms with Crippen molar-refractivity contribution in [3.8, 4) is 0 Å². The standard InChI is InChI=1S/C12H26N2/c1-2-3-9-12(14)10-7-5-4-6-8-11-13/h9H,2-8,10-11,13-14H2,1H3/b12-9-. The maximum atomic E-state index is 5.84. The minimum Gasteiger partial charge on any atom is -0.402 e. The van der Waals surface area contributed by atoms with Crippen LogP contribution in [0.3, 0.4) is 0 Å². The van der Waals surface area contributed by atoms with Gasteiger partial charge < -0.3 is 11.5 Å². The van der Waals surface area contributed by atoms with Crippen molar-refractivity contribution in [2.45, 2.75) is 58.3 Å². The lowest BCUT2D eigenvalue weighted by Crippen LogP contribution is -1.98. The molecule has 0 aliphatic rings. The van der Waals surface area contributed by atoms with Gasteiger partial charge in [0.15, 0.2) is 0 Å². The highest BCUT2D eigenvalue weighted by atomic mass is 14.6. The first-order valence-electron chi connectivity index (χ1n) is 5.95. The zero-order chi connectivity index (χ0) is 10.6. The lowest BCUT2D eigenvalue weighted by atomic mass is 10.1. The molecule has 0 aromatic rings. The molecule has 0 aliphatic heterocycles. The van der Waals surface area contributed by atoms with Crippen molar-refractivity contribution >= 4 is 0 Å². The van der Waals surface area contributed by atoms with Crippen LogP contribution in [0.1, 0.15) is 58.3 Å². The second-order valence-electron chi connectivity index (χ2n) is 3.87. The van der Waals surface area contributed by atoms with Gasteiger partial charge >= 0.3 is 0 Å². The first-order valence-corrected chi connectivity index (χ1v) is 5.95. The summed E-state index contributed by atoms with van der Waals surface area (Å²) in [6.07, 6.45) is 11.8. The lowest BCUT2D eigenvalue weighted by Gasteiger charge is -2.01. The third kappa shape index (κ3) is 9.59. The summed E-state index contributed by atoms with van der Waals surface area (Å²) in [6.45, 7) is 3.01. The zero-order valence-electron chi connectivity index (χ0n) is 9.60. The van der Waals surface area contributed by atoms with Gasteiger partial charge in [0.25, 0.3) is 0 Å². The molecule has 84 valence electrons. The van der Waals surface area contributed by atoms with Gasteiger partial charge in [-0.05, 0) is 32.2 Å². The Hall–Kier alpha value is -0.500. The van der Waals surface area contributed by atoms with E-state index in [1.165, 1.54) is 38.5 Å². The summed E-state index contributed by atoms with van der Waals surface area (Å²) in [5.74, 6) is 0. The van der Waals surface area contributed by atoms with Crippen LogP contribution in [0.5, 0.6) is 0 Å². The average molecular weight is 198 g/mol. The van der Waals surface area contributed by atoms with Gasteiger partial charge in [-0.2, -0.15) is 0 Å². The van der Waals surface area contributed by atoms with Crippen molar-refractivity contribution in [3.63, 3.8) is 0 Å². The number of nitrogens with two attached hydrogens (primary N) is 2. The summed E-state index contributed by atoms with van der Waals surface area (Å²) < 4.78 is 0. The molecule has 0 spiro atoms. The Morgan fingerprint density at radius 2 is 1.71 bits per heavy atom. The maximum Gasteiger partial charge on any atom is 0.00399 e. The van der Waals surface area contributed by atoms with E-state index in [-0.39, 0.29) is 0 Å². The van der Waals surface area contributed by atoms with E-state index in [4.69, 9.17) is 11.5 Å². The Bertz CT molecular complexity index is 141. The largest absolute Gasteiger partial charge is 0.402 e. The molecule has 0 aromatic carbocycles. The highest BCUT2D eigenvalue weighted by molar-refractivity contribution is 4.95. The zero-order valence-corrected chi connectivity index (χ0v) is 9.60. The van der Waals surface area contributed by atoms with Crippen molar-refractivity contribution in [2.75, 3.05) is 6.54 Å². The Labute approximate surface area is 88.7 Å². The fourth-order valence-electron chi connectivity index (χ4n) is 1.44. The summed E-state index contributed by atoms with van der Waals surface area (Å²) in [5, 5.41) is 0. The number of rotatable bonds is 9. The molecule has 0 rings (SSSR count). The quantitative estimate of drug-likeness (QED) is 0.560. The van der Waals surface area contributed by atoms with Crippen LogP contribution in [-0.2, 0) is 0 Å². The van der Waals surface area contributed by atoms with E-state index in [0.29, 0.717) is 0 Å². The second-order valence-corrected chi connectivity index (χ2v) is 3.87. The van der Waals surface area contributed by atoms with Crippen molar-refractivity contribution in [1.82, 2.24) is 0 Å². The fraction of sp³-hybridized carbons (Fsp3) is 0.833. The predicted octanol–water partition coefficient (Wildman–Crippen LogP) is 2.93. The van der Waals surface area contributed by atoms with E-state index in [1.807, 2.05) is 0 Å². The minimum absolute atomic E-state index is 0.832. The molecule has 0 radical (unpaired) electrons. The molecule has 0 fully saturated rings. The first kappa shape index (κ1) is 13.5. The highest BCUT2D eigenvalue weighted by Crippen LogP contribution is 2.08. The van der Waals surface area contributed by atoms with E-state index in [1.54, 1.807) is 0 Å². The smallest absolute Gasteiger partial charge is 0.00399 e. The van der Waals surface area contributed by atoms with E-state index >= 15 is 0 Å². The molecule has 0 atom stereocenters. The summed E-state index contributed by atoms with van der Waals surface area (Å²) in [6, 6.07) is 0. The minimum atomic E-state index is 0.832. The van der Waals surface area contributed by atoms with Crippen LogP contribution in [0.2, 0.25) is 0 Å². The number of unbranched alkanes of at least 4 members (excludes halogenated alkanes) is 5. The Balaban J connectivity index is 3.18. The maximum absolute atomic E-state index is 5.84. The monoisotopic (exact) mass is 198 g/mol. The topological polar surface area (TPSA) is 52.0 Å². The molecular weight excluding hydrogens is 172 g/mol. The van der Waals surface area contributed by atoms with Crippen LogP contribution in [0.15, 0.2) is 11.8 Å². The number of allylic oxidation sites excluding steroid dienone is 2. The molecule has 2 heteroatoms. The Morgan fingerprint density at radius 1 is 1.07 bits per heavy atom. The van der Waals surface area contributed by atoms with E-state index in [9.17, 15) is 0 Å². The van der Waals surface area contributed by atoms with E-state index in [2.05, 4.69) is 13.0 Å². The van der Waals surface area contributed by atoms with Crippen molar-refractivity contribution in [2.24, 2.45) is 11.5 Å². The molecule has 4 N–H and O–H groups in total. The van der Waals surface area contributed by atoms with E-state index in [0.717, 1.165) is 25.1 Å². The average Bonchev–Trinajstić information content (AvgIpc) is 2.20. The third-order valence-electron chi connectivity index (χ3n) is 2.36. The number of hydrogen-bond acceptors (Lipinski definition) is 2. The van der Waals surface area contributed by atoms with Gasteiger partial charge in [-0.3, -0.25) is 0 Å². The summed E-state index contributed by atoms with van der Waals surface area (Å²) in [5.41, 5.74) is 12.3. The van der Waals surface area contributed by atoms with Gasteiger partial charge in [0.2, 0.25) is 0 Å². The third-order valence-corrected chi connectivity index (χ3v) is 2.36. The van der Waals surface area contributed by atoms with Gasteiger partial charge in [-0.25, -0.2) is 0 Å². The van der Waals surface area contributed by atoms with Crippen LogP contribution in [0, 0.1) is 0 Å². The van der Waals surface area contributed by atoms with Crippen LogP contribution in [0.25, 0.3) is 0 Å². The van der Waals surface area contributed by atoms with Crippen molar-refractivity contribution in [3.05, 3.63) is 11.8 Å². The van der Waals surface area contributed by atoms with Crippen molar-refractivity contribution < 1.29 is 0 Å². The van der Waals surface area contributed by atoms with Gasteiger partial charge in [0.1, 0.15) is 0 Å². The molecular formula is C12H26N2.